The molecule has 0 aliphatic heterocycles. The number of hydrogen-bond donors (Lipinski definition) is 3. The number of carbonyl (C=O) groups is 1. The van der Waals surface area contributed by atoms with Crippen molar-refractivity contribution in [2.75, 3.05) is 11.9 Å². The predicted molar refractivity (Wildman–Crippen MR) is 71.7 cm³/mol. The monoisotopic (exact) mass is 255 g/mol. The third kappa shape index (κ3) is 3.21. The molecular weight excluding hydrogens is 242 g/mol. The SMILES string of the molecule is Cc1[nH]ncc1C(=O)Nc1ccc(C#CCO)cc1. The van der Waals surface area contributed by atoms with Crippen LogP contribution < -0.4 is 5.32 Å². The van der Waals surface area contributed by atoms with Gasteiger partial charge >= 0.3 is 0 Å². The number of aliphatic hydroxyl groups is 1. The Bertz CT molecular complexity index is 633. The molecule has 0 bridgehead atoms. The lowest BCUT2D eigenvalue weighted by Crippen LogP contribution is -2.12. The minimum absolute atomic E-state index is 0.168. The molecule has 96 valence electrons. The summed E-state index contributed by atoms with van der Waals surface area (Å²) < 4.78 is 0. The minimum atomic E-state index is -0.208. The number of amides is 1. The van der Waals surface area contributed by atoms with Crippen LogP contribution in [0, 0.1) is 18.8 Å². The zero-order chi connectivity index (χ0) is 13.7. The van der Waals surface area contributed by atoms with Gasteiger partial charge in [-0.05, 0) is 31.2 Å². The Morgan fingerprint density at radius 3 is 2.74 bits per heavy atom. The molecule has 0 atom stereocenters. The van der Waals surface area contributed by atoms with Crippen LogP contribution in [0.3, 0.4) is 0 Å². The van der Waals surface area contributed by atoms with Crippen molar-refractivity contribution in [2.45, 2.75) is 6.92 Å². The van der Waals surface area contributed by atoms with Crippen LogP contribution in [-0.4, -0.2) is 27.8 Å². The van der Waals surface area contributed by atoms with Crippen molar-refractivity contribution in [1.29, 1.82) is 0 Å². The number of nitrogens with one attached hydrogen (secondary N) is 2. The molecule has 1 aromatic heterocycles. The number of benzene rings is 1. The van der Waals surface area contributed by atoms with Gasteiger partial charge in [-0.3, -0.25) is 9.89 Å². The average molecular weight is 255 g/mol. The number of aromatic amines is 1. The lowest BCUT2D eigenvalue weighted by atomic mass is 10.2. The molecule has 0 spiro atoms. The molecule has 0 radical (unpaired) electrons. The summed E-state index contributed by atoms with van der Waals surface area (Å²) in [4.78, 5) is 11.9. The Hall–Kier alpha value is -2.58. The summed E-state index contributed by atoms with van der Waals surface area (Å²) in [5.74, 6) is 5.14. The molecule has 0 aliphatic carbocycles. The van der Waals surface area contributed by atoms with Crippen molar-refractivity contribution in [3.63, 3.8) is 0 Å². The minimum Gasteiger partial charge on any atom is -0.384 e. The maximum atomic E-state index is 11.9. The van der Waals surface area contributed by atoms with E-state index < -0.39 is 0 Å². The normalized spacial score (nSPS) is 9.58. The molecule has 3 N–H and O–H groups in total. The molecule has 5 heteroatoms. The van der Waals surface area contributed by atoms with E-state index in [0.29, 0.717) is 11.3 Å². The maximum absolute atomic E-state index is 11.9. The van der Waals surface area contributed by atoms with Gasteiger partial charge in [0.1, 0.15) is 6.61 Å². The van der Waals surface area contributed by atoms with Crippen LogP contribution in [0.4, 0.5) is 5.69 Å². The van der Waals surface area contributed by atoms with E-state index in [4.69, 9.17) is 5.11 Å². The maximum Gasteiger partial charge on any atom is 0.259 e. The third-order valence-corrected chi connectivity index (χ3v) is 2.53. The Morgan fingerprint density at radius 2 is 2.16 bits per heavy atom. The van der Waals surface area contributed by atoms with Crippen LogP contribution in [0.2, 0.25) is 0 Å². The van der Waals surface area contributed by atoms with E-state index >= 15 is 0 Å². The first-order chi connectivity index (χ1) is 9.20. The van der Waals surface area contributed by atoms with E-state index in [0.717, 1.165) is 11.3 Å². The summed E-state index contributed by atoms with van der Waals surface area (Å²) in [5, 5.41) is 17.9. The van der Waals surface area contributed by atoms with Gasteiger partial charge in [0.05, 0.1) is 11.8 Å². The highest BCUT2D eigenvalue weighted by atomic mass is 16.2. The van der Waals surface area contributed by atoms with Crippen LogP contribution in [0.15, 0.2) is 30.5 Å². The van der Waals surface area contributed by atoms with Crippen LogP contribution >= 0.6 is 0 Å². The van der Waals surface area contributed by atoms with E-state index in [1.807, 2.05) is 0 Å². The van der Waals surface area contributed by atoms with Crippen molar-refractivity contribution in [1.82, 2.24) is 10.2 Å². The molecule has 0 unspecified atom stereocenters. The van der Waals surface area contributed by atoms with Gasteiger partial charge in [-0.25, -0.2) is 0 Å². The second kappa shape index (κ2) is 5.85. The van der Waals surface area contributed by atoms with E-state index in [1.165, 1.54) is 6.20 Å². The molecule has 19 heavy (non-hydrogen) atoms. The summed E-state index contributed by atoms with van der Waals surface area (Å²) in [5.41, 5.74) is 2.71. The number of nitrogens with zero attached hydrogens (tertiary/aromatic N) is 1. The summed E-state index contributed by atoms with van der Waals surface area (Å²) >= 11 is 0. The molecule has 0 aliphatic rings. The fourth-order valence-corrected chi connectivity index (χ4v) is 1.56. The second-order valence-electron chi connectivity index (χ2n) is 3.90. The number of hydrogen-bond acceptors (Lipinski definition) is 3. The van der Waals surface area contributed by atoms with Gasteiger partial charge < -0.3 is 10.4 Å². The molecule has 1 heterocycles. The standard InChI is InChI=1S/C14H13N3O2/c1-10-13(9-15-17-10)14(19)16-12-6-4-11(5-7-12)3-2-8-18/h4-7,9,18H,8H2,1H3,(H,15,17)(H,16,19). The van der Waals surface area contributed by atoms with Gasteiger partial charge in [-0.15, -0.1) is 0 Å². The number of aliphatic hydroxyl groups excluding tert-OH is 1. The number of aryl methyl sites for hydroxylation is 1. The average Bonchev–Trinajstić information content (AvgIpc) is 2.84. The molecule has 2 aromatic rings. The predicted octanol–water partition coefficient (Wildman–Crippen LogP) is 1.31. The fourth-order valence-electron chi connectivity index (χ4n) is 1.56. The van der Waals surface area contributed by atoms with Gasteiger partial charge in [0.15, 0.2) is 0 Å². The first-order valence-electron chi connectivity index (χ1n) is 5.72. The molecule has 0 fully saturated rings. The van der Waals surface area contributed by atoms with Crippen molar-refractivity contribution in [2.24, 2.45) is 0 Å². The highest BCUT2D eigenvalue weighted by molar-refractivity contribution is 6.04. The van der Waals surface area contributed by atoms with E-state index in [1.54, 1.807) is 31.2 Å². The molecule has 1 amide bonds. The van der Waals surface area contributed by atoms with E-state index in [9.17, 15) is 4.79 Å². The Morgan fingerprint density at radius 1 is 1.42 bits per heavy atom. The lowest BCUT2D eigenvalue weighted by Gasteiger charge is -2.04. The highest BCUT2D eigenvalue weighted by Crippen LogP contribution is 2.11. The second-order valence-corrected chi connectivity index (χ2v) is 3.90. The lowest BCUT2D eigenvalue weighted by molar-refractivity contribution is 0.102. The first-order valence-corrected chi connectivity index (χ1v) is 5.72. The van der Waals surface area contributed by atoms with Crippen molar-refractivity contribution >= 4 is 11.6 Å². The molecule has 2 rings (SSSR count). The topological polar surface area (TPSA) is 78.0 Å². The smallest absolute Gasteiger partial charge is 0.259 e. The number of H-pyrrole nitrogens is 1. The molecule has 0 saturated heterocycles. The van der Waals surface area contributed by atoms with Crippen LogP contribution in [0.25, 0.3) is 0 Å². The molecular formula is C14H13N3O2. The van der Waals surface area contributed by atoms with Gasteiger partial charge in [0.2, 0.25) is 0 Å². The van der Waals surface area contributed by atoms with Crippen LogP contribution in [0.1, 0.15) is 21.6 Å². The zero-order valence-corrected chi connectivity index (χ0v) is 10.4. The third-order valence-electron chi connectivity index (χ3n) is 2.53. The Labute approximate surface area is 110 Å². The van der Waals surface area contributed by atoms with Crippen LogP contribution in [0.5, 0.6) is 0 Å². The molecule has 1 aromatic carbocycles. The van der Waals surface area contributed by atoms with E-state index in [2.05, 4.69) is 27.4 Å². The molecule has 5 nitrogen and oxygen atoms in total. The number of carbonyl (C=O) groups excluding carboxylic acids is 1. The van der Waals surface area contributed by atoms with Crippen molar-refractivity contribution < 1.29 is 9.90 Å². The largest absolute Gasteiger partial charge is 0.384 e. The van der Waals surface area contributed by atoms with Crippen molar-refractivity contribution in [3.05, 3.63) is 47.3 Å². The van der Waals surface area contributed by atoms with Crippen molar-refractivity contribution in [3.8, 4) is 11.8 Å². The summed E-state index contributed by atoms with van der Waals surface area (Å²) in [7, 11) is 0. The summed E-state index contributed by atoms with van der Waals surface area (Å²) in [6, 6.07) is 7.07. The molecule has 0 saturated carbocycles. The fraction of sp³-hybridized carbons (Fsp3) is 0.143. The van der Waals surface area contributed by atoms with Gasteiger partial charge in [0, 0.05) is 16.9 Å². The Balaban J connectivity index is 2.08. The number of rotatable bonds is 2. The highest BCUT2D eigenvalue weighted by Gasteiger charge is 2.10. The zero-order valence-electron chi connectivity index (χ0n) is 10.4. The number of anilines is 1. The van der Waals surface area contributed by atoms with Gasteiger partial charge in [-0.2, -0.15) is 5.10 Å². The quantitative estimate of drug-likeness (QED) is 0.708. The first kappa shape index (κ1) is 12.9. The Kier molecular flexibility index (Phi) is 3.96. The van der Waals surface area contributed by atoms with E-state index in [-0.39, 0.29) is 12.5 Å². The van der Waals surface area contributed by atoms with Gasteiger partial charge in [0.25, 0.3) is 5.91 Å². The number of aromatic nitrogens is 2. The summed E-state index contributed by atoms with van der Waals surface area (Å²) in [6.45, 7) is 1.62. The van der Waals surface area contributed by atoms with Gasteiger partial charge in [-0.1, -0.05) is 11.8 Å². The summed E-state index contributed by atoms with van der Waals surface area (Å²) in [6.07, 6.45) is 1.49. The van der Waals surface area contributed by atoms with Crippen LogP contribution in [-0.2, 0) is 0 Å².